The van der Waals surface area contributed by atoms with Crippen molar-refractivity contribution in [2.24, 2.45) is 5.92 Å². The smallest absolute Gasteiger partial charge is 0.226 e. The average Bonchev–Trinajstić information content (AvgIpc) is 2.45. The van der Waals surface area contributed by atoms with Crippen LogP contribution in [0, 0.1) is 12.8 Å². The van der Waals surface area contributed by atoms with Crippen molar-refractivity contribution in [2.45, 2.75) is 33.6 Å². The van der Waals surface area contributed by atoms with Crippen LogP contribution in [0.25, 0.3) is 0 Å². The monoisotopic (exact) mass is 278 g/mol. The van der Waals surface area contributed by atoms with Crippen molar-refractivity contribution >= 4 is 5.95 Å². The van der Waals surface area contributed by atoms with Crippen LogP contribution in [0.3, 0.4) is 0 Å². The van der Waals surface area contributed by atoms with Crippen LogP contribution in [0.5, 0.6) is 5.88 Å². The number of nitrogens with one attached hydrogen (secondary N) is 1. The first-order chi connectivity index (χ1) is 9.71. The lowest BCUT2D eigenvalue weighted by Gasteiger charge is -2.31. The minimum atomic E-state index is 0.630. The van der Waals surface area contributed by atoms with E-state index in [4.69, 9.17) is 4.74 Å². The van der Waals surface area contributed by atoms with Crippen LogP contribution in [0.1, 0.15) is 32.4 Å². The number of hydrogen-bond acceptors (Lipinski definition) is 5. The first-order valence-corrected chi connectivity index (χ1v) is 7.66. The van der Waals surface area contributed by atoms with E-state index in [0.29, 0.717) is 18.4 Å². The van der Waals surface area contributed by atoms with Gasteiger partial charge in [-0.05, 0) is 52.2 Å². The normalized spacial score (nSPS) is 17.1. The summed E-state index contributed by atoms with van der Waals surface area (Å²) in [5.74, 6) is 2.06. The van der Waals surface area contributed by atoms with Gasteiger partial charge in [0.2, 0.25) is 11.8 Å². The number of rotatable bonds is 6. The Morgan fingerprint density at radius 2 is 2.05 bits per heavy atom. The van der Waals surface area contributed by atoms with E-state index in [0.717, 1.165) is 18.2 Å². The third kappa shape index (κ3) is 4.34. The Morgan fingerprint density at radius 3 is 2.70 bits per heavy atom. The van der Waals surface area contributed by atoms with Crippen molar-refractivity contribution in [1.29, 1.82) is 0 Å². The fraction of sp³-hybridized carbons (Fsp3) is 0.733. The first kappa shape index (κ1) is 15.0. The van der Waals surface area contributed by atoms with E-state index in [2.05, 4.69) is 27.1 Å². The summed E-state index contributed by atoms with van der Waals surface area (Å²) in [7, 11) is 0. The summed E-state index contributed by atoms with van der Waals surface area (Å²) < 4.78 is 5.45. The molecule has 1 N–H and O–H groups in total. The summed E-state index contributed by atoms with van der Waals surface area (Å²) in [4.78, 5) is 11.3. The van der Waals surface area contributed by atoms with E-state index in [1.165, 1.54) is 32.5 Å². The van der Waals surface area contributed by atoms with Gasteiger partial charge in [0.05, 0.1) is 6.61 Å². The van der Waals surface area contributed by atoms with E-state index in [-0.39, 0.29) is 0 Å². The number of ether oxygens (including phenoxy) is 1. The second-order valence-electron chi connectivity index (χ2n) is 5.36. The molecule has 1 aromatic rings. The third-order valence-electron chi connectivity index (χ3n) is 3.83. The summed E-state index contributed by atoms with van der Waals surface area (Å²) in [6.45, 7) is 11.3. The highest BCUT2D eigenvalue weighted by molar-refractivity contribution is 5.30. The quantitative estimate of drug-likeness (QED) is 0.865. The molecule has 0 radical (unpaired) electrons. The highest BCUT2D eigenvalue weighted by Crippen LogP contribution is 2.18. The van der Waals surface area contributed by atoms with Crippen molar-refractivity contribution in [3.63, 3.8) is 0 Å². The molecule has 0 unspecified atom stereocenters. The Hall–Kier alpha value is -1.36. The molecule has 1 fully saturated rings. The Labute approximate surface area is 121 Å². The number of piperidine rings is 1. The third-order valence-corrected chi connectivity index (χ3v) is 3.83. The van der Waals surface area contributed by atoms with E-state index in [1.54, 1.807) is 0 Å². The van der Waals surface area contributed by atoms with E-state index >= 15 is 0 Å². The predicted molar refractivity (Wildman–Crippen MR) is 81.3 cm³/mol. The fourth-order valence-electron chi connectivity index (χ4n) is 2.58. The molecule has 1 aliphatic heterocycles. The van der Waals surface area contributed by atoms with Crippen molar-refractivity contribution in [3.05, 3.63) is 11.8 Å². The van der Waals surface area contributed by atoms with E-state index in [1.807, 2.05) is 19.9 Å². The van der Waals surface area contributed by atoms with Gasteiger partial charge in [-0.2, -0.15) is 4.98 Å². The summed E-state index contributed by atoms with van der Waals surface area (Å²) in [6, 6.07) is 1.87. The maximum atomic E-state index is 5.45. The van der Waals surface area contributed by atoms with Crippen molar-refractivity contribution in [2.75, 3.05) is 38.1 Å². The maximum absolute atomic E-state index is 5.45. The molecule has 1 aliphatic rings. The lowest BCUT2D eigenvalue weighted by molar-refractivity contribution is 0.198. The molecule has 0 spiro atoms. The lowest BCUT2D eigenvalue weighted by atomic mass is 9.97. The second-order valence-corrected chi connectivity index (χ2v) is 5.36. The van der Waals surface area contributed by atoms with Crippen LogP contribution < -0.4 is 10.1 Å². The van der Waals surface area contributed by atoms with Gasteiger partial charge in [0.25, 0.3) is 0 Å². The van der Waals surface area contributed by atoms with Gasteiger partial charge >= 0.3 is 0 Å². The van der Waals surface area contributed by atoms with Crippen LogP contribution in [-0.2, 0) is 0 Å². The fourth-order valence-corrected chi connectivity index (χ4v) is 2.58. The Balaban J connectivity index is 1.84. The summed E-state index contributed by atoms with van der Waals surface area (Å²) in [5.41, 5.74) is 0.937. The predicted octanol–water partition coefficient (Wildman–Crippen LogP) is 2.33. The molecule has 112 valence electrons. The molecule has 5 nitrogen and oxygen atoms in total. The van der Waals surface area contributed by atoms with Gasteiger partial charge in [-0.25, -0.2) is 4.98 Å². The minimum Gasteiger partial charge on any atom is -0.478 e. The number of aryl methyl sites for hydroxylation is 1. The summed E-state index contributed by atoms with van der Waals surface area (Å²) in [5, 5.41) is 3.37. The molecule has 0 aromatic carbocycles. The number of nitrogens with zero attached hydrogens (tertiary/aromatic N) is 3. The highest BCUT2D eigenvalue weighted by atomic mass is 16.5. The van der Waals surface area contributed by atoms with Crippen LogP contribution >= 0.6 is 0 Å². The van der Waals surface area contributed by atoms with E-state index < -0.39 is 0 Å². The van der Waals surface area contributed by atoms with Gasteiger partial charge in [-0.3, -0.25) is 0 Å². The van der Waals surface area contributed by atoms with E-state index in [9.17, 15) is 0 Å². The molecule has 1 aromatic heterocycles. The van der Waals surface area contributed by atoms with Crippen molar-refractivity contribution in [3.8, 4) is 5.88 Å². The summed E-state index contributed by atoms with van der Waals surface area (Å²) >= 11 is 0. The number of likely N-dealkylation sites (tertiary alicyclic amines) is 1. The Kier molecular flexibility index (Phi) is 5.59. The molecule has 0 bridgehead atoms. The van der Waals surface area contributed by atoms with Crippen LogP contribution in [-0.4, -0.2) is 47.7 Å². The molecule has 0 saturated carbocycles. The van der Waals surface area contributed by atoms with Gasteiger partial charge < -0.3 is 15.0 Å². The Bertz CT molecular complexity index is 416. The topological polar surface area (TPSA) is 50.3 Å². The minimum absolute atomic E-state index is 0.630. The molecule has 0 atom stereocenters. The van der Waals surface area contributed by atoms with Crippen LogP contribution in [0.15, 0.2) is 6.07 Å². The zero-order valence-electron chi connectivity index (χ0n) is 12.9. The van der Waals surface area contributed by atoms with Crippen LogP contribution in [0.2, 0.25) is 0 Å². The standard InChI is InChI=1S/C15H26N4O/c1-4-19-8-6-13(7-9-19)11-16-15-17-12(3)10-14(18-15)20-5-2/h10,13H,4-9,11H2,1-3H3,(H,16,17,18). The van der Waals surface area contributed by atoms with Gasteiger partial charge in [-0.1, -0.05) is 6.92 Å². The molecular weight excluding hydrogens is 252 g/mol. The molecule has 20 heavy (non-hydrogen) atoms. The van der Waals surface area contributed by atoms with Crippen molar-refractivity contribution in [1.82, 2.24) is 14.9 Å². The average molecular weight is 278 g/mol. The molecule has 0 aliphatic carbocycles. The number of hydrogen-bond donors (Lipinski definition) is 1. The van der Waals surface area contributed by atoms with Gasteiger partial charge in [0.1, 0.15) is 0 Å². The van der Waals surface area contributed by atoms with Crippen LogP contribution in [0.4, 0.5) is 5.95 Å². The zero-order valence-corrected chi connectivity index (χ0v) is 12.9. The van der Waals surface area contributed by atoms with Gasteiger partial charge in [0.15, 0.2) is 0 Å². The largest absolute Gasteiger partial charge is 0.478 e. The number of aromatic nitrogens is 2. The Morgan fingerprint density at radius 1 is 1.30 bits per heavy atom. The van der Waals surface area contributed by atoms with Gasteiger partial charge in [-0.15, -0.1) is 0 Å². The molecular formula is C15H26N4O. The lowest BCUT2D eigenvalue weighted by Crippen LogP contribution is -2.35. The SMILES string of the molecule is CCOc1cc(C)nc(NCC2CCN(CC)CC2)n1. The summed E-state index contributed by atoms with van der Waals surface area (Å²) in [6.07, 6.45) is 2.51. The molecule has 5 heteroatoms. The second kappa shape index (κ2) is 7.43. The molecule has 1 saturated heterocycles. The first-order valence-electron chi connectivity index (χ1n) is 7.66. The molecule has 2 rings (SSSR count). The maximum Gasteiger partial charge on any atom is 0.226 e. The number of anilines is 1. The zero-order chi connectivity index (χ0) is 14.4. The molecule has 0 amide bonds. The molecule has 2 heterocycles. The van der Waals surface area contributed by atoms with Gasteiger partial charge in [0, 0.05) is 18.3 Å². The van der Waals surface area contributed by atoms with Crippen molar-refractivity contribution < 1.29 is 4.74 Å². The highest BCUT2D eigenvalue weighted by Gasteiger charge is 2.18.